The third-order valence-electron chi connectivity index (χ3n) is 4.36. The quantitative estimate of drug-likeness (QED) is 0.320. The van der Waals surface area contributed by atoms with Gasteiger partial charge in [-0.05, 0) is 35.7 Å². The minimum atomic E-state index is -2.58. The van der Waals surface area contributed by atoms with E-state index >= 15 is 0 Å². The fourth-order valence-corrected chi connectivity index (χ4v) is 3.96. The number of nitrogens with one attached hydrogen (secondary N) is 1. The zero-order valence-electron chi connectivity index (χ0n) is 17.5. The van der Waals surface area contributed by atoms with Gasteiger partial charge in [0, 0.05) is 4.90 Å². The number of anilines is 1. The van der Waals surface area contributed by atoms with Gasteiger partial charge in [0.25, 0.3) is 5.76 Å². The summed E-state index contributed by atoms with van der Waals surface area (Å²) in [4.78, 5) is 12.6. The highest BCUT2D eigenvalue weighted by Crippen LogP contribution is 2.31. The van der Waals surface area contributed by atoms with Crippen LogP contribution in [0.2, 0.25) is 0 Å². The lowest BCUT2D eigenvalue weighted by atomic mass is 10.0. The van der Waals surface area contributed by atoms with E-state index in [1.807, 2.05) is 24.3 Å². The van der Waals surface area contributed by atoms with Crippen molar-refractivity contribution in [2.24, 2.45) is 0 Å². The van der Waals surface area contributed by atoms with Gasteiger partial charge in [-0.1, -0.05) is 61.6 Å². The van der Waals surface area contributed by atoms with E-state index in [9.17, 15) is 13.6 Å². The number of benzene rings is 2. The predicted molar refractivity (Wildman–Crippen MR) is 123 cm³/mol. The number of nitrogens with zero attached hydrogens (tertiary/aromatic N) is 3. The Balaban J connectivity index is 1.53. The number of carbonyl (C=O) groups is 1. The lowest BCUT2D eigenvalue weighted by Crippen LogP contribution is -2.18. The van der Waals surface area contributed by atoms with Crippen molar-refractivity contribution in [3.63, 3.8) is 0 Å². The number of ether oxygens (including phenoxy) is 1. The minimum absolute atomic E-state index is 0.0134. The molecule has 0 saturated carbocycles. The molecule has 1 amide bonds. The number of alkyl halides is 2. The standard InChI is InChI=1S/C21H23F2N5O2S2/c1-13(2)14-7-9-15(10-8-14)30-11-18-26-27-21(28(18)24)31-12-19(29)25-16-5-3-4-6-17(16)32-20(22)23/h3-10,13,20H,11-12,24H2,1-2H3,(H,25,29). The van der Waals surface area contributed by atoms with Gasteiger partial charge in [0.2, 0.25) is 11.1 Å². The number of carbonyl (C=O) groups excluding carboxylic acids is 1. The van der Waals surface area contributed by atoms with Crippen molar-refractivity contribution in [2.75, 3.05) is 16.9 Å². The van der Waals surface area contributed by atoms with Gasteiger partial charge in [0.1, 0.15) is 12.4 Å². The summed E-state index contributed by atoms with van der Waals surface area (Å²) < 4.78 is 32.3. The molecule has 11 heteroatoms. The molecule has 0 aliphatic rings. The maximum Gasteiger partial charge on any atom is 0.288 e. The van der Waals surface area contributed by atoms with E-state index in [1.165, 1.54) is 16.3 Å². The molecule has 0 bridgehead atoms. The monoisotopic (exact) mass is 479 g/mol. The van der Waals surface area contributed by atoms with Crippen LogP contribution in [0, 0.1) is 0 Å². The Morgan fingerprint density at radius 2 is 1.88 bits per heavy atom. The van der Waals surface area contributed by atoms with Crippen LogP contribution < -0.4 is 15.9 Å². The maximum absolute atomic E-state index is 12.7. The second kappa shape index (κ2) is 11.2. The molecular formula is C21H23F2N5O2S2. The van der Waals surface area contributed by atoms with Gasteiger partial charge in [-0.2, -0.15) is 8.78 Å². The van der Waals surface area contributed by atoms with Crippen molar-refractivity contribution < 1.29 is 18.3 Å². The number of rotatable bonds is 10. The third-order valence-corrected chi connectivity index (χ3v) is 6.09. The molecule has 0 atom stereocenters. The number of hydrogen-bond donors (Lipinski definition) is 2. The average Bonchev–Trinajstić information content (AvgIpc) is 3.11. The van der Waals surface area contributed by atoms with Crippen molar-refractivity contribution in [2.45, 2.75) is 42.2 Å². The zero-order chi connectivity index (χ0) is 23.1. The van der Waals surface area contributed by atoms with E-state index in [4.69, 9.17) is 10.6 Å². The van der Waals surface area contributed by atoms with E-state index < -0.39 is 5.76 Å². The summed E-state index contributed by atoms with van der Waals surface area (Å²) in [6.45, 7) is 4.36. The van der Waals surface area contributed by atoms with Crippen molar-refractivity contribution in [1.82, 2.24) is 14.9 Å². The average molecular weight is 480 g/mol. The summed E-state index contributed by atoms with van der Waals surface area (Å²) >= 11 is 1.46. The molecular weight excluding hydrogens is 456 g/mol. The normalized spacial score (nSPS) is 11.2. The summed E-state index contributed by atoms with van der Waals surface area (Å²) in [6, 6.07) is 14.2. The molecule has 0 aliphatic carbocycles. The Labute approximate surface area is 193 Å². The molecule has 1 aromatic heterocycles. The Kier molecular flexibility index (Phi) is 8.34. The van der Waals surface area contributed by atoms with E-state index in [-0.39, 0.29) is 18.3 Å². The summed E-state index contributed by atoms with van der Waals surface area (Å²) in [6.07, 6.45) is 0. The van der Waals surface area contributed by atoms with Crippen LogP contribution in [0.4, 0.5) is 14.5 Å². The fraction of sp³-hybridized carbons (Fsp3) is 0.286. The highest BCUT2D eigenvalue weighted by Gasteiger charge is 2.15. The molecule has 0 unspecified atom stereocenters. The molecule has 3 aromatic rings. The molecule has 0 saturated heterocycles. The molecule has 0 fully saturated rings. The van der Waals surface area contributed by atoms with Gasteiger partial charge < -0.3 is 15.9 Å². The topological polar surface area (TPSA) is 95.1 Å². The van der Waals surface area contributed by atoms with Crippen molar-refractivity contribution in [3.05, 3.63) is 59.9 Å². The van der Waals surface area contributed by atoms with Crippen LogP contribution in [0.15, 0.2) is 58.6 Å². The number of para-hydroxylation sites is 1. The number of halogens is 2. The van der Waals surface area contributed by atoms with E-state index in [1.54, 1.807) is 18.2 Å². The Bertz CT molecular complexity index is 1040. The Morgan fingerprint density at radius 1 is 1.16 bits per heavy atom. The first-order valence-electron chi connectivity index (χ1n) is 9.72. The van der Waals surface area contributed by atoms with Crippen molar-refractivity contribution in [3.8, 4) is 5.75 Å². The van der Waals surface area contributed by atoms with Crippen LogP contribution in [-0.4, -0.2) is 32.3 Å². The highest BCUT2D eigenvalue weighted by molar-refractivity contribution is 8.00. The van der Waals surface area contributed by atoms with Gasteiger partial charge in [0.05, 0.1) is 11.4 Å². The minimum Gasteiger partial charge on any atom is -0.486 e. The molecule has 32 heavy (non-hydrogen) atoms. The Morgan fingerprint density at radius 3 is 2.56 bits per heavy atom. The van der Waals surface area contributed by atoms with E-state index in [0.717, 1.165) is 11.8 Å². The molecule has 3 rings (SSSR count). The fourth-order valence-electron chi connectivity index (χ4n) is 2.69. The smallest absolute Gasteiger partial charge is 0.288 e. The van der Waals surface area contributed by atoms with Gasteiger partial charge in [-0.25, -0.2) is 4.68 Å². The molecule has 2 aromatic carbocycles. The van der Waals surface area contributed by atoms with Gasteiger partial charge in [-0.15, -0.1) is 10.2 Å². The van der Waals surface area contributed by atoms with Gasteiger partial charge in [-0.3, -0.25) is 4.79 Å². The second-order valence-corrected chi connectivity index (χ2v) is 8.97. The van der Waals surface area contributed by atoms with Crippen LogP contribution in [0.25, 0.3) is 0 Å². The highest BCUT2D eigenvalue weighted by atomic mass is 32.2. The van der Waals surface area contributed by atoms with Crippen LogP contribution in [-0.2, 0) is 11.4 Å². The predicted octanol–water partition coefficient (Wildman–Crippen LogP) is 4.74. The third kappa shape index (κ3) is 6.60. The van der Waals surface area contributed by atoms with Crippen LogP contribution in [0.3, 0.4) is 0 Å². The molecule has 0 spiro atoms. The summed E-state index contributed by atoms with van der Waals surface area (Å²) in [5, 5.41) is 11.0. The largest absolute Gasteiger partial charge is 0.486 e. The maximum atomic E-state index is 12.7. The number of nitrogens with two attached hydrogens (primary N) is 1. The van der Waals surface area contributed by atoms with Crippen LogP contribution in [0.1, 0.15) is 31.2 Å². The number of amides is 1. The first kappa shape index (κ1) is 23.9. The molecule has 3 N–H and O–H groups in total. The lowest BCUT2D eigenvalue weighted by molar-refractivity contribution is -0.113. The zero-order valence-corrected chi connectivity index (χ0v) is 19.1. The molecule has 0 radical (unpaired) electrons. The number of nitrogen functional groups attached to an aromatic ring is 1. The SMILES string of the molecule is CC(C)c1ccc(OCc2nnc(SCC(=O)Nc3ccccc3SC(F)F)n2N)cc1. The summed E-state index contributed by atoms with van der Waals surface area (Å²) in [5.74, 6) is 4.58. The summed E-state index contributed by atoms with van der Waals surface area (Å²) in [5.41, 5.74) is 1.54. The molecule has 0 aliphatic heterocycles. The van der Waals surface area contributed by atoms with E-state index in [2.05, 4.69) is 29.4 Å². The van der Waals surface area contributed by atoms with Crippen molar-refractivity contribution >= 4 is 35.1 Å². The number of thioether (sulfide) groups is 2. The number of aromatic nitrogens is 3. The van der Waals surface area contributed by atoms with Gasteiger partial charge >= 0.3 is 0 Å². The number of hydrogen-bond acceptors (Lipinski definition) is 7. The lowest BCUT2D eigenvalue weighted by Gasteiger charge is -2.10. The van der Waals surface area contributed by atoms with Crippen LogP contribution in [0.5, 0.6) is 5.75 Å². The second-order valence-electron chi connectivity index (χ2n) is 6.99. The van der Waals surface area contributed by atoms with Crippen LogP contribution >= 0.6 is 23.5 Å². The molecule has 1 heterocycles. The van der Waals surface area contributed by atoms with Gasteiger partial charge in [0.15, 0.2) is 5.82 Å². The summed E-state index contributed by atoms with van der Waals surface area (Å²) in [7, 11) is 0. The first-order valence-corrected chi connectivity index (χ1v) is 11.6. The molecule has 7 nitrogen and oxygen atoms in total. The first-order chi connectivity index (χ1) is 15.3. The van der Waals surface area contributed by atoms with Crippen molar-refractivity contribution in [1.29, 1.82) is 0 Å². The molecule has 170 valence electrons. The van der Waals surface area contributed by atoms with E-state index in [0.29, 0.717) is 45.0 Å². The Hall–Kier alpha value is -2.79.